The molecule has 0 amide bonds. The maximum absolute atomic E-state index is 13.2. The molecule has 108 valence electrons. The van der Waals surface area contributed by atoms with Gasteiger partial charge in [-0.1, -0.05) is 23.7 Å². The number of nitrogens with zero attached hydrogens (tertiary/aromatic N) is 1. The van der Waals surface area contributed by atoms with Gasteiger partial charge in [-0.3, -0.25) is 0 Å². The molecule has 0 atom stereocenters. The second-order valence-electron chi connectivity index (χ2n) is 4.19. The molecule has 2 aromatic rings. The smallest absolute Gasteiger partial charge is 0.174 e. The number of ether oxygens (including phenoxy) is 1. The van der Waals surface area contributed by atoms with Crippen molar-refractivity contribution in [2.24, 2.45) is 0 Å². The van der Waals surface area contributed by atoms with Crippen molar-refractivity contribution >= 4 is 33.2 Å². The van der Waals surface area contributed by atoms with Crippen molar-refractivity contribution in [2.75, 3.05) is 11.9 Å². The Balaban J connectivity index is 2.08. The minimum absolute atomic E-state index is 0.00617. The van der Waals surface area contributed by atoms with Gasteiger partial charge in [0.25, 0.3) is 0 Å². The van der Waals surface area contributed by atoms with Gasteiger partial charge in [-0.05, 0) is 45.8 Å². The third kappa shape index (κ3) is 4.35. The first-order valence-electron chi connectivity index (χ1n) is 6.07. The van der Waals surface area contributed by atoms with Crippen LogP contribution in [0.25, 0.3) is 0 Å². The molecule has 0 heterocycles. The molecule has 1 N–H and O–H groups in total. The van der Waals surface area contributed by atoms with Crippen LogP contribution in [0.15, 0.2) is 40.9 Å². The minimum atomic E-state index is -0.399. The highest BCUT2D eigenvalue weighted by molar-refractivity contribution is 9.10. The first-order valence-corrected chi connectivity index (χ1v) is 7.24. The Kier molecular flexibility index (Phi) is 5.43. The zero-order valence-corrected chi connectivity index (χ0v) is 13.2. The molecular weight excluding hydrogens is 359 g/mol. The van der Waals surface area contributed by atoms with Gasteiger partial charge in [0.15, 0.2) is 6.61 Å². The zero-order valence-electron chi connectivity index (χ0n) is 10.9. The summed E-state index contributed by atoms with van der Waals surface area (Å²) >= 11 is 9.28. The van der Waals surface area contributed by atoms with E-state index in [9.17, 15) is 4.39 Å². The van der Waals surface area contributed by atoms with E-state index in [1.807, 2.05) is 24.3 Å². The van der Waals surface area contributed by atoms with Crippen LogP contribution in [0.5, 0.6) is 5.75 Å². The maximum atomic E-state index is 13.2. The molecule has 0 aliphatic heterocycles. The first kappa shape index (κ1) is 15.6. The lowest BCUT2D eigenvalue weighted by Gasteiger charge is -2.11. The molecule has 0 saturated carbocycles. The number of hydrogen-bond acceptors (Lipinski definition) is 3. The number of anilines is 1. The van der Waals surface area contributed by atoms with Crippen LogP contribution < -0.4 is 10.1 Å². The third-order valence-corrected chi connectivity index (χ3v) is 3.60. The van der Waals surface area contributed by atoms with E-state index in [4.69, 9.17) is 21.6 Å². The van der Waals surface area contributed by atoms with Crippen LogP contribution in [0.2, 0.25) is 5.02 Å². The zero-order chi connectivity index (χ0) is 15.2. The molecule has 0 aliphatic carbocycles. The average Bonchev–Trinajstić information content (AvgIpc) is 2.44. The number of rotatable bonds is 5. The summed E-state index contributed by atoms with van der Waals surface area (Å²) in [6.45, 7) is 0.500. The van der Waals surface area contributed by atoms with E-state index in [0.29, 0.717) is 27.5 Å². The van der Waals surface area contributed by atoms with Gasteiger partial charge < -0.3 is 10.1 Å². The molecule has 3 nitrogen and oxygen atoms in total. The van der Waals surface area contributed by atoms with Crippen LogP contribution in [-0.2, 0) is 6.54 Å². The molecule has 2 aromatic carbocycles. The molecule has 0 fully saturated rings. The normalized spacial score (nSPS) is 10.0. The van der Waals surface area contributed by atoms with E-state index in [1.165, 1.54) is 12.1 Å². The molecule has 0 aliphatic rings. The molecule has 2 rings (SSSR count). The van der Waals surface area contributed by atoms with E-state index in [2.05, 4.69) is 21.2 Å². The number of benzene rings is 2. The van der Waals surface area contributed by atoms with Gasteiger partial charge in [0, 0.05) is 11.0 Å². The Labute approximate surface area is 135 Å². The molecule has 0 bridgehead atoms. The Morgan fingerprint density at radius 2 is 2.14 bits per heavy atom. The standard InChI is InChI=1S/C15H11BrClFN2O/c16-13-7-11(18)8-14(17)15(13)20-9-10-2-1-3-12(6-10)21-5-4-19/h1-3,6-8,20H,5,9H2. The Hall–Kier alpha value is -1.77. The second kappa shape index (κ2) is 7.30. The van der Waals surface area contributed by atoms with Crippen LogP contribution >= 0.6 is 27.5 Å². The summed E-state index contributed by atoms with van der Waals surface area (Å²) in [6, 6.07) is 11.9. The SMILES string of the molecule is N#CCOc1cccc(CNc2c(Cl)cc(F)cc2Br)c1. The fraction of sp³-hybridized carbons (Fsp3) is 0.133. The lowest BCUT2D eigenvalue weighted by molar-refractivity contribution is 0.368. The highest BCUT2D eigenvalue weighted by Gasteiger charge is 2.08. The van der Waals surface area contributed by atoms with Crippen molar-refractivity contribution in [3.05, 3.63) is 57.3 Å². The second-order valence-corrected chi connectivity index (χ2v) is 5.45. The van der Waals surface area contributed by atoms with E-state index in [-0.39, 0.29) is 6.61 Å². The van der Waals surface area contributed by atoms with Gasteiger partial charge >= 0.3 is 0 Å². The third-order valence-electron chi connectivity index (χ3n) is 2.68. The number of hydrogen-bond donors (Lipinski definition) is 1. The first-order chi connectivity index (χ1) is 10.1. The van der Waals surface area contributed by atoms with E-state index >= 15 is 0 Å². The molecule has 0 spiro atoms. The van der Waals surface area contributed by atoms with Crippen molar-refractivity contribution in [2.45, 2.75) is 6.54 Å². The number of halogens is 3. The maximum Gasteiger partial charge on any atom is 0.174 e. The lowest BCUT2D eigenvalue weighted by Crippen LogP contribution is -2.02. The molecular formula is C15H11BrClFN2O. The van der Waals surface area contributed by atoms with Gasteiger partial charge in [-0.15, -0.1) is 0 Å². The van der Waals surface area contributed by atoms with Crippen molar-refractivity contribution < 1.29 is 9.13 Å². The van der Waals surface area contributed by atoms with Crippen LogP contribution in [0.3, 0.4) is 0 Å². The molecule has 0 radical (unpaired) electrons. The summed E-state index contributed by atoms with van der Waals surface area (Å²) in [5.41, 5.74) is 1.58. The van der Waals surface area contributed by atoms with Crippen LogP contribution in [0.4, 0.5) is 10.1 Å². The molecule has 0 saturated heterocycles. The van der Waals surface area contributed by atoms with E-state index in [0.717, 1.165) is 5.56 Å². The number of nitrogens with one attached hydrogen (secondary N) is 1. The molecule has 6 heteroatoms. The van der Waals surface area contributed by atoms with Gasteiger partial charge in [0.05, 0.1) is 10.7 Å². The summed E-state index contributed by atoms with van der Waals surface area (Å²) in [6.07, 6.45) is 0. The quantitative estimate of drug-likeness (QED) is 0.827. The Morgan fingerprint density at radius 3 is 2.86 bits per heavy atom. The van der Waals surface area contributed by atoms with Crippen molar-refractivity contribution in [1.82, 2.24) is 0 Å². The van der Waals surface area contributed by atoms with Gasteiger partial charge in [0.1, 0.15) is 17.6 Å². The Morgan fingerprint density at radius 1 is 1.33 bits per heavy atom. The summed E-state index contributed by atoms with van der Waals surface area (Å²) in [7, 11) is 0. The highest BCUT2D eigenvalue weighted by Crippen LogP contribution is 2.32. The van der Waals surface area contributed by atoms with Gasteiger partial charge in [-0.25, -0.2) is 4.39 Å². The summed E-state index contributed by atoms with van der Waals surface area (Å²) in [5.74, 6) is 0.226. The van der Waals surface area contributed by atoms with Crippen molar-refractivity contribution in [3.63, 3.8) is 0 Å². The average molecular weight is 370 g/mol. The van der Waals surface area contributed by atoms with E-state index < -0.39 is 5.82 Å². The van der Waals surface area contributed by atoms with E-state index in [1.54, 1.807) is 6.07 Å². The predicted molar refractivity (Wildman–Crippen MR) is 84.0 cm³/mol. The van der Waals surface area contributed by atoms with Crippen LogP contribution in [0.1, 0.15) is 5.56 Å². The summed E-state index contributed by atoms with van der Waals surface area (Å²) in [4.78, 5) is 0. The summed E-state index contributed by atoms with van der Waals surface area (Å²) < 4.78 is 19.0. The van der Waals surface area contributed by atoms with Gasteiger partial charge in [0.2, 0.25) is 0 Å². The molecule has 21 heavy (non-hydrogen) atoms. The lowest BCUT2D eigenvalue weighted by atomic mass is 10.2. The molecule has 0 aromatic heterocycles. The Bertz CT molecular complexity index is 665. The highest BCUT2D eigenvalue weighted by atomic mass is 79.9. The van der Waals surface area contributed by atoms with Crippen molar-refractivity contribution in [1.29, 1.82) is 5.26 Å². The number of nitriles is 1. The van der Waals surface area contributed by atoms with Crippen molar-refractivity contribution in [3.8, 4) is 11.8 Å². The topological polar surface area (TPSA) is 45.0 Å². The monoisotopic (exact) mass is 368 g/mol. The fourth-order valence-electron chi connectivity index (χ4n) is 1.76. The summed E-state index contributed by atoms with van der Waals surface area (Å²) in [5, 5.41) is 11.9. The van der Waals surface area contributed by atoms with Crippen LogP contribution in [0, 0.1) is 17.1 Å². The van der Waals surface area contributed by atoms with Crippen LogP contribution in [-0.4, -0.2) is 6.61 Å². The fourth-order valence-corrected chi connectivity index (χ4v) is 2.72. The predicted octanol–water partition coefficient (Wildman–Crippen LogP) is 4.76. The molecule has 0 unspecified atom stereocenters. The minimum Gasteiger partial charge on any atom is -0.479 e. The van der Waals surface area contributed by atoms with Gasteiger partial charge in [-0.2, -0.15) is 5.26 Å². The largest absolute Gasteiger partial charge is 0.479 e.